The largest absolute Gasteiger partial charge is 0.337 e. The van der Waals surface area contributed by atoms with Gasteiger partial charge in [-0.15, -0.1) is 0 Å². The highest BCUT2D eigenvalue weighted by Crippen LogP contribution is 2.35. The predicted molar refractivity (Wildman–Crippen MR) is 168 cm³/mol. The number of para-hydroxylation sites is 2. The molecule has 5 aromatic rings. The predicted octanol–water partition coefficient (Wildman–Crippen LogP) is 5.85. The molecule has 0 unspecified atom stereocenters. The van der Waals surface area contributed by atoms with Gasteiger partial charge in [0.25, 0.3) is 20.0 Å². The molecular formula is C27H23Cl2N7O6S2. The van der Waals surface area contributed by atoms with Crippen LogP contribution in [0.25, 0.3) is 11.0 Å². The molecule has 0 fully saturated rings. The van der Waals surface area contributed by atoms with Gasteiger partial charge in [0.05, 0.1) is 42.3 Å². The van der Waals surface area contributed by atoms with Crippen LogP contribution >= 0.6 is 23.2 Å². The summed E-state index contributed by atoms with van der Waals surface area (Å²) in [6.07, 6.45) is 0. The second-order valence-corrected chi connectivity index (χ2v) is 13.6. The summed E-state index contributed by atoms with van der Waals surface area (Å²) in [5, 5.41) is 9.02. The maximum absolute atomic E-state index is 13.4. The van der Waals surface area contributed by atoms with Gasteiger partial charge in [-0.3, -0.25) is 9.52 Å². The summed E-state index contributed by atoms with van der Waals surface area (Å²) in [5.41, 5.74) is 2.43. The molecule has 0 aliphatic carbocycles. The Bertz CT molecular complexity index is 2120. The molecular weight excluding hydrogens is 653 g/mol. The molecule has 1 amide bonds. The fourth-order valence-corrected chi connectivity index (χ4v) is 6.71. The first kappa shape index (κ1) is 31.0. The van der Waals surface area contributed by atoms with E-state index in [4.69, 9.17) is 27.7 Å². The van der Waals surface area contributed by atoms with Crippen LogP contribution in [-0.4, -0.2) is 37.9 Å². The number of halogens is 2. The summed E-state index contributed by atoms with van der Waals surface area (Å²) < 4.78 is 62.4. The van der Waals surface area contributed by atoms with Gasteiger partial charge in [-0.2, -0.15) is 0 Å². The van der Waals surface area contributed by atoms with Gasteiger partial charge in [0.2, 0.25) is 11.8 Å². The number of amides is 1. The first-order chi connectivity index (χ1) is 20.7. The maximum Gasteiger partial charge on any atom is 0.264 e. The van der Waals surface area contributed by atoms with Crippen molar-refractivity contribution in [3.8, 4) is 0 Å². The van der Waals surface area contributed by atoms with Crippen LogP contribution in [-0.2, 0) is 24.8 Å². The van der Waals surface area contributed by atoms with Crippen molar-refractivity contribution in [1.29, 1.82) is 0 Å². The molecule has 17 heteroatoms. The maximum atomic E-state index is 13.4. The standard InChI is InChI=1S/C27H23Cl2N7O6S2/c1-14-15(2)34-42-27(14)36-43(38,39)18-10-8-17(9-11-18)31-25-26(33-23-7-5-4-6-22(23)32-25)35-44(40,41)19-12-20(28)24(21(29)13-19)30-16(3)37/h4-13,36H,1-3H3,(H,30,37)(H,31,32)(H,33,35). The van der Waals surface area contributed by atoms with E-state index in [1.165, 1.54) is 31.2 Å². The van der Waals surface area contributed by atoms with E-state index < -0.39 is 26.0 Å². The van der Waals surface area contributed by atoms with Crippen LogP contribution < -0.4 is 20.1 Å². The molecule has 0 aliphatic heterocycles. The van der Waals surface area contributed by atoms with Gasteiger partial charge in [0.15, 0.2) is 11.6 Å². The number of rotatable bonds is 9. The fraction of sp³-hybridized carbons (Fsp3) is 0.111. The molecule has 0 atom stereocenters. The van der Waals surface area contributed by atoms with Crippen LogP contribution in [0.2, 0.25) is 10.0 Å². The van der Waals surface area contributed by atoms with Gasteiger partial charge in [-0.05, 0) is 62.4 Å². The van der Waals surface area contributed by atoms with Crippen LogP contribution in [0.4, 0.5) is 28.9 Å². The van der Waals surface area contributed by atoms with Crippen molar-refractivity contribution < 1.29 is 26.2 Å². The van der Waals surface area contributed by atoms with Crippen LogP contribution in [0, 0.1) is 13.8 Å². The highest BCUT2D eigenvalue weighted by atomic mass is 35.5. The molecule has 2 aromatic heterocycles. The van der Waals surface area contributed by atoms with Crippen LogP contribution in [0.15, 0.2) is 75.0 Å². The summed E-state index contributed by atoms with van der Waals surface area (Å²) >= 11 is 12.4. The number of aromatic nitrogens is 3. The van der Waals surface area contributed by atoms with Gasteiger partial charge in [-0.25, -0.2) is 31.5 Å². The zero-order valence-corrected chi connectivity index (χ0v) is 26.3. The first-order valence-electron chi connectivity index (χ1n) is 12.6. The molecule has 5 rings (SSSR count). The number of carbonyl (C=O) groups excluding carboxylic acids is 1. The Balaban J connectivity index is 1.46. The van der Waals surface area contributed by atoms with Crippen LogP contribution in [0.5, 0.6) is 0 Å². The molecule has 0 spiro atoms. The molecule has 228 valence electrons. The van der Waals surface area contributed by atoms with Crippen molar-refractivity contribution in [3.05, 3.63) is 82.0 Å². The summed E-state index contributed by atoms with van der Waals surface area (Å²) in [5.74, 6) is -0.552. The van der Waals surface area contributed by atoms with Crippen LogP contribution in [0.1, 0.15) is 18.2 Å². The number of nitrogens with zero attached hydrogens (tertiary/aromatic N) is 3. The monoisotopic (exact) mass is 675 g/mol. The number of aryl methyl sites for hydroxylation is 1. The van der Waals surface area contributed by atoms with Crippen molar-refractivity contribution in [3.63, 3.8) is 0 Å². The number of anilines is 5. The molecule has 3 aromatic carbocycles. The Hall–Kier alpha value is -4.44. The fourth-order valence-electron chi connectivity index (χ4n) is 3.89. The third kappa shape index (κ3) is 6.55. The van der Waals surface area contributed by atoms with Crippen molar-refractivity contribution in [1.82, 2.24) is 15.1 Å². The highest BCUT2D eigenvalue weighted by molar-refractivity contribution is 7.93. The molecule has 0 aliphatic rings. The molecule has 0 radical (unpaired) electrons. The lowest BCUT2D eigenvalue weighted by molar-refractivity contribution is -0.114. The van der Waals surface area contributed by atoms with Crippen molar-refractivity contribution >= 4 is 89.1 Å². The first-order valence-corrected chi connectivity index (χ1v) is 16.3. The van der Waals surface area contributed by atoms with Crippen molar-refractivity contribution in [2.24, 2.45) is 0 Å². The lowest BCUT2D eigenvalue weighted by Gasteiger charge is -2.15. The Morgan fingerprint density at radius 1 is 0.795 bits per heavy atom. The van der Waals surface area contributed by atoms with E-state index in [0.29, 0.717) is 28.0 Å². The number of carbonyl (C=O) groups is 1. The molecule has 44 heavy (non-hydrogen) atoms. The molecule has 0 saturated heterocycles. The molecule has 0 saturated carbocycles. The van der Waals surface area contributed by atoms with Gasteiger partial charge >= 0.3 is 0 Å². The number of fused-ring (bicyclic) bond motifs is 1. The Morgan fingerprint density at radius 3 is 1.91 bits per heavy atom. The quantitative estimate of drug-likeness (QED) is 0.148. The minimum Gasteiger partial charge on any atom is -0.337 e. The molecule has 2 heterocycles. The van der Waals surface area contributed by atoms with Crippen molar-refractivity contribution in [2.75, 3.05) is 20.1 Å². The number of nitrogens with one attached hydrogen (secondary N) is 4. The Morgan fingerprint density at radius 2 is 1.36 bits per heavy atom. The van der Waals surface area contributed by atoms with Gasteiger partial charge in [-0.1, -0.05) is 40.5 Å². The summed E-state index contributed by atoms with van der Waals surface area (Å²) in [4.78, 5) is 20.1. The van der Waals surface area contributed by atoms with E-state index in [1.807, 2.05) is 0 Å². The van der Waals surface area contributed by atoms with E-state index in [9.17, 15) is 21.6 Å². The lowest BCUT2D eigenvalue weighted by Crippen LogP contribution is -2.16. The van der Waals surface area contributed by atoms with E-state index in [-0.39, 0.29) is 43.0 Å². The summed E-state index contributed by atoms with van der Waals surface area (Å²) in [7, 11) is -8.32. The summed E-state index contributed by atoms with van der Waals surface area (Å²) in [6.45, 7) is 4.63. The highest BCUT2D eigenvalue weighted by Gasteiger charge is 2.23. The number of sulfonamides is 2. The minimum absolute atomic E-state index is 0.0143. The van der Waals surface area contributed by atoms with Crippen LogP contribution in [0.3, 0.4) is 0 Å². The minimum atomic E-state index is -4.32. The third-order valence-electron chi connectivity index (χ3n) is 6.24. The Labute approximate surface area is 262 Å². The summed E-state index contributed by atoms with van der Waals surface area (Å²) in [6, 6.07) is 14.7. The average Bonchev–Trinajstić information content (AvgIpc) is 3.27. The van der Waals surface area contributed by atoms with Gasteiger partial charge < -0.3 is 15.2 Å². The lowest BCUT2D eigenvalue weighted by atomic mass is 10.3. The molecule has 4 N–H and O–H groups in total. The zero-order valence-electron chi connectivity index (χ0n) is 23.1. The van der Waals surface area contributed by atoms with E-state index in [0.717, 1.165) is 12.1 Å². The van der Waals surface area contributed by atoms with E-state index in [1.54, 1.807) is 38.1 Å². The molecule has 0 bridgehead atoms. The number of hydrogen-bond donors (Lipinski definition) is 4. The van der Waals surface area contributed by atoms with Gasteiger partial charge in [0, 0.05) is 18.2 Å². The Kier molecular flexibility index (Phi) is 8.40. The molecule has 13 nitrogen and oxygen atoms in total. The van der Waals surface area contributed by atoms with E-state index in [2.05, 4.69) is 35.2 Å². The number of hydrogen-bond acceptors (Lipinski definition) is 10. The second-order valence-electron chi connectivity index (χ2n) is 9.44. The number of benzene rings is 3. The normalized spacial score (nSPS) is 11.8. The second kappa shape index (κ2) is 11.9. The van der Waals surface area contributed by atoms with Gasteiger partial charge in [0.1, 0.15) is 0 Å². The SMILES string of the molecule is CC(=O)Nc1c(Cl)cc(S(=O)(=O)Nc2nc3ccccc3nc2Nc2ccc(S(=O)(=O)Nc3onc(C)c3C)cc2)cc1Cl. The average molecular weight is 677 g/mol. The van der Waals surface area contributed by atoms with Crippen molar-refractivity contribution in [2.45, 2.75) is 30.6 Å². The third-order valence-corrected chi connectivity index (χ3v) is 9.50. The van der Waals surface area contributed by atoms with E-state index >= 15 is 0 Å². The zero-order chi connectivity index (χ0) is 31.8. The topological polar surface area (TPSA) is 185 Å². The smallest absolute Gasteiger partial charge is 0.264 e.